The van der Waals surface area contributed by atoms with Gasteiger partial charge in [0.15, 0.2) is 5.17 Å². The summed E-state index contributed by atoms with van der Waals surface area (Å²) in [6.07, 6.45) is 1.00. The van der Waals surface area contributed by atoms with E-state index in [0.29, 0.717) is 11.8 Å². The van der Waals surface area contributed by atoms with Gasteiger partial charge in [-0.15, -0.1) is 0 Å². The van der Waals surface area contributed by atoms with Gasteiger partial charge >= 0.3 is 0 Å². The maximum Gasteiger partial charge on any atom is 0.154 e. The van der Waals surface area contributed by atoms with Crippen molar-refractivity contribution in [3.05, 3.63) is 65.7 Å². The van der Waals surface area contributed by atoms with Crippen molar-refractivity contribution < 1.29 is 4.74 Å². The van der Waals surface area contributed by atoms with E-state index >= 15 is 0 Å². The third kappa shape index (κ3) is 3.45. The van der Waals surface area contributed by atoms with Crippen LogP contribution in [0, 0.1) is 0 Å². The van der Waals surface area contributed by atoms with Gasteiger partial charge in [-0.25, -0.2) is 0 Å². The van der Waals surface area contributed by atoms with Crippen LogP contribution < -0.4 is 10.5 Å². The molecule has 0 amide bonds. The molecule has 0 saturated heterocycles. The monoisotopic (exact) mass is 312 g/mol. The average Bonchev–Trinajstić information content (AvgIpc) is 2.54. The average molecular weight is 312 g/mol. The van der Waals surface area contributed by atoms with Crippen LogP contribution >= 0.6 is 11.8 Å². The van der Waals surface area contributed by atoms with E-state index in [1.54, 1.807) is 11.8 Å². The number of amidine groups is 1. The SMILES string of the molecule is CC1(c2ccc(OCc3ccccc3)cc2)CCSC(N)=N1. The minimum atomic E-state index is -0.215. The van der Waals surface area contributed by atoms with Gasteiger partial charge in [0, 0.05) is 5.75 Å². The Bertz CT molecular complexity index is 655. The van der Waals surface area contributed by atoms with Crippen LogP contribution in [0.4, 0.5) is 0 Å². The summed E-state index contributed by atoms with van der Waals surface area (Å²) in [6, 6.07) is 18.4. The summed E-state index contributed by atoms with van der Waals surface area (Å²) in [7, 11) is 0. The van der Waals surface area contributed by atoms with Crippen LogP contribution in [0.1, 0.15) is 24.5 Å². The van der Waals surface area contributed by atoms with Crippen LogP contribution in [0.25, 0.3) is 0 Å². The number of nitrogens with zero attached hydrogens (tertiary/aromatic N) is 1. The minimum Gasteiger partial charge on any atom is -0.489 e. The molecule has 2 aromatic carbocycles. The predicted octanol–water partition coefficient (Wildman–Crippen LogP) is 3.93. The number of thioether (sulfide) groups is 1. The van der Waals surface area contributed by atoms with Crippen LogP contribution in [0.3, 0.4) is 0 Å². The Hall–Kier alpha value is -1.94. The summed E-state index contributed by atoms with van der Waals surface area (Å²) in [5.74, 6) is 1.89. The summed E-state index contributed by atoms with van der Waals surface area (Å²) in [4.78, 5) is 4.62. The van der Waals surface area contributed by atoms with E-state index in [9.17, 15) is 0 Å². The maximum atomic E-state index is 5.88. The molecule has 0 saturated carbocycles. The zero-order valence-electron chi connectivity index (χ0n) is 12.7. The van der Waals surface area contributed by atoms with Crippen LogP contribution in [0.15, 0.2) is 59.6 Å². The number of ether oxygens (including phenoxy) is 1. The topological polar surface area (TPSA) is 47.6 Å². The number of benzene rings is 2. The third-order valence-electron chi connectivity index (χ3n) is 3.92. The number of aliphatic imine (C=N–C) groups is 1. The van der Waals surface area contributed by atoms with Gasteiger partial charge in [-0.2, -0.15) is 0 Å². The molecule has 22 heavy (non-hydrogen) atoms. The highest BCUT2D eigenvalue weighted by molar-refractivity contribution is 8.13. The Kier molecular flexibility index (Phi) is 4.39. The quantitative estimate of drug-likeness (QED) is 0.930. The van der Waals surface area contributed by atoms with E-state index in [1.165, 1.54) is 11.1 Å². The van der Waals surface area contributed by atoms with Gasteiger partial charge < -0.3 is 10.5 Å². The highest BCUT2D eigenvalue weighted by atomic mass is 32.2. The predicted molar refractivity (Wildman–Crippen MR) is 93.3 cm³/mol. The molecule has 3 nitrogen and oxygen atoms in total. The van der Waals surface area contributed by atoms with Crippen LogP contribution in [0.5, 0.6) is 5.75 Å². The fourth-order valence-corrected chi connectivity index (χ4v) is 3.52. The van der Waals surface area contributed by atoms with Gasteiger partial charge in [0.2, 0.25) is 0 Å². The molecule has 1 heterocycles. The van der Waals surface area contributed by atoms with E-state index in [-0.39, 0.29) is 5.54 Å². The van der Waals surface area contributed by atoms with Crippen molar-refractivity contribution in [2.45, 2.75) is 25.5 Å². The standard InChI is InChI=1S/C18H20N2OS/c1-18(11-12-22-17(19)20-18)15-7-9-16(10-8-15)21-13-14-5-3-2-4-6-14/h2-10H,11-13H2,1H3,(H2,19,20). The highest BCUT2D eigenvalue weighted by Gasteiger charge is 2.29. The smallest absolute Gasteiger partial charge is 0.154 e. The summed E-state index contributed by atoms with van der Waals surface area (Å²) in [5, 5.41) is 0.679. The zero-order valence-corrected chi connectivity index (χ0v) is 13.5. The van der Waals surface area contributed by atoms with Crippen LogP contribution in [-0.2, 0) is 12.1 Å². The Morgan fingerprint density at radius 1 is 1.14 bits per heavy atom. The van der Waals surface area contributed by atoms with Crippen molar-refractivity contribution in [1.82, 2.24) is 0 Å². The molecule has 3 rings (SSSR count). The van der Waals surface area contributed by atoms with Crippen LogP contribution in [0.2, 0.25) is 0 Å². The molecule has 0 bridgehead atoms. The molecule has 114 valence electrons. The zero-order chi connectivity index (χ0) is 15.4. The molecular weight excluding hydrogens is 292 g/mol. The van der Waals surface area contributed by atoms with E-state index < -0.39 is 0 Å². The lowest BCUT2D eigenvalue weighted by Crippen LogP contribution is -2.28. The number of nitrogens with two attached hydrogens (primary N) is 1. The minimum absolute atomic E-state index is 0.215. The maximum absolute atomic E-state index is 5.88. The first-order valence-corrected chi connectivity index (χ1v) is 8.40. The molecule has 0 radical (unpaired) electrons. The second-order valence-corrected chi connectivity index (χ2v) is 6.74. The molecule has 0 aromatic heterocycles. The number of hydrogen-bond acceptors (Lipinski definition) is 4. The Labute approximate surface area is 135 Å². The molecule has 2 aromatic rings. The van der Waals surface area contributed by atoms with Crippen molar-refractivity contribution in [2.75, 3.05) is 5.75 Å². The molecule has 0 spiro atoms. The molecule has 4 heteroatoms. The molecule has 1 aliphatic heterocycles. The molecule has 0 fully saturated rings. The molecule has 2 N–H and O–H groups in total. The second-order valence-electron chi connectivity index (χ2n) is 5.62. The third-order valence-corrected chi connectivity index (χ3v) is 4.72. The van der Waals surface area contributed by atoms with E-state index in [4.69, 9.17) is 10.5 Å². The normalized spacial score (nSPS) is 21.2. The summed E-state index contributed by atoms with van der Waals surface area (Å²) < 4.78 is 5.82. The molecular formula is C18H20N2OS. The summed E-state index contributed by atoms with van der Waals surface area (Å²) >= 11 is 1.63. The highest BCUT2D eigenvalue weighted by Crippen LogP contribution is 2.35. The lowest BCUT2D eigenvalue weighted by atomic mass is 9.90. The largest absolute Gasteiger partial charge is 0.489 e. The van der Waals surface area contributed by atoms with Crippen molar-refractivity contribution in [1.29, 1.82) is 0 Å². The summed E-state index contributed by atoms with van der Waals surface area (Å²) in [5.41, 5.74) is 8.01. The van der Waals surface area contributed by atoms with E-state index in [2.05, 4.69) is 36.2 Å². The Balaban J connectivity index is 1.69. The van der Waals surface area contributed by atoms with Crippen molar-refractivity contribution in [3.63, 3.8) is 0 Å². The molecule has 1 atom stereocenters. The van der Waals surface area contributed by atoms with Gasteiger partial charge in [-0.1, -0.05) is 54.2 Å². The van der Waals surface area contributed by atoms with Gasteiger partial charge in [0.25, 0.3) is 0 Å². The van der Waals surface area contributed by atoms with Gasteiger partial charge in [0.1, 0.15) is 12.4 Å². The molecule has 1 aliphatic rings. The summed E-state index contributed by atoms with van der Waals surface area (Å²) in [6.45, 7) is 2.72. The first-order chi connectivity index (χ1) is 10.7. The van der Waals surface area contributed by atoms with E-state index in [1.807, 2.05) is 30.3 Å². The fourth-order valence-electron chi connectivity index (χ4n) is 2.55. The van der Waals surface area contributed by atoms with Gasteiger partial charge in [0.05, 0.1) is 5.54 Å². The molecule has 0 aliphatic carbocycles. The van der Waals surface area contributed by atoms with Crippen LogP contribution in [-0.4, -0.2) is 10.9 Å². The molecule has 1 unspecified atom stereocenters. The fraction of sp³-hybridized carbons (Fsp3) is 0.278. The Morgan fingerprint density at radius 3 is 2.55 bits per heavy atom. The van der Waals surface area contributed by atoms with Crippen molar-refractivity contribution >= 4 is 16.9 Å². The first kappa shape index (κ1) is 15.0. The number of rotatable bonds is 4. The first-order valence-electron chi connectivity index (χ1n) is 7.41. The lowest BCUT2D eigenvalue weighted by molar-refractivity contribution is 0.306. The van der Waals surface area contributed by atoms with Gasteiger partial charge in [-0.3, -0.25) is 4.99 Å². The number of hydrogen-bond donors (Lipinski definition) is 1. The van der Waals surface area contributed by atoms with Crippen molar-refractivity contribution in [2.24, 2.45) is 10.7 Å². The van der Waals surface area contributed by atoms with E-state index in [0.717, 1.165) is 17.9 Å². The van der Waals surface area contributed by atoms with Gasteiger partial charge in [-0.05, 0) is 36.6 Å². The second kappa shape index (κ2) is 6.44. The lowest BCUT2D eigenvalue weighted by Gasteiger charge is -2.29. The Morgan fingerprint density at radius 2 is 1.86 bits per heavy atom. The van der Waals surface area contributed by atoms with Crippen molar-refractivity contribution in [3.8, 4) is 5.75 Å².